The molecule has 246 valence electrons. The Morgan fingerprint density at radius 1 is 0.913 bits per heavy atom. The number of ether oxygens (including phenoxy) is 2. The number of carbonyl (C=O) groups excluding carboxylic acids is 4. The maximum atomic E-state index is 14.3. The summed E-state index contributed by atoms with van der Waals surface area (Å²) in [6.07, 6.45) is 5.36. The molecule has 4 atom stereocenters. The largest absolute Gasteiger partial charge is 0.458 e. The summed E-state index contributed by atoms with van der Waals surface area (Å²) in [7, 11) is 0. The van der Waals surface area contributed by atoms with Gasteiger partial charge in [0.1, 0.15) is 35.9 Å². The molecule has 46 heavy (non-hydrogen) atoms. The summed E-state index contributed by atoms with van der Waals surface area (Å²) in [4.78, 5) is 55.9. The van der Waals surface area contributed by atoms with Gasteiger partial charge in [0.2, 0.25) is 11.8 Å². The first-order valence-corrected chi connectivity index (χ1v) is 15.3. The van der Waals surface area contributed by atoms with Crippen molar-refractivity contribution in [3.8, 4) is 18.4 Å². The topological polar surface area (TPSA) is 138 Å². The van der Waals surface area contributed by atoms with E-state index in [0.717, 1.165) is 10.5 Å². The predicted octanol–water partition coefficient (Wildman–Crippen LogP) is 5.07. The van der Waals surface area contributed by atoms with Crippen LogP contribution in [0.5, 0.6) is 0 Å². The van der Waals surface area contributed by atoms with Gasteiger partial charge in [-0.25, -0.2) is 9.59 Å². The van der Waals surface area contributed by atoms with Crippen LogP contribution in [0.3, 0.4) is 0 Å². The van der Waals surface area contributed by atoms with E-state index in [9.17, 15) is 24.4 Å². The lowest BCUT2D eigenvalue weighted by Crippen LogP contribution is -2.56. The molecule has 0 spiro atoms. The zero-order chi connectivity index (χ0) is 34.7. The minimum atomic E-state index is -1.37. The lowest BCUT2D eigenvalue weighted by atomic mass is 9.95. The monoisotopic (exact) mass is 630 g/mol. The Balaban J connectivity index is 2.62. The second kappa shape index (κ2) is 16.5. The molecule has 2 aromatic rings. The number of nitrogens with one attached hydrogen (secondary N) is 2. The molecular formula is C36H46N4O6. The molecule has 2 aromatic carbocycles. The van der Waals surface area contributed by atoms with Crippen LogP contribution in [0.15, 0.2) is 54.6 Å². The Kier molecular flexibility index (Phi) is 13.4. The van der Waals surface area contributed by atoms with E-state index < -0.39 is 59.7 Å². The molecule has 0 fully saturated rings. The summed E-state index contributed by atoms with van der Waals surface area (Å²) in [5, 5.41) is 15.3. The van der Waals surface area contributed by atoms with Crippen molar-refractivity contribution >= 4 is 23.9 Å². The van der Waals surface area contributed by atoms with Crippen LogP contribution in [0.25, 0.3) is 0 Å². The summed E-state index contributed by atoms with van der Waals surface area (Å²) < 4.78 is 11.1. The average molecular weight is 631 g/mol. The SMILES string of the molecule is C#Cc1ccc(C(C(=O)NC(Cc2ccccc2)C(=O)OC(C)(C)C)N(CC#N)C(=O)C(NC(=O)OC(C)(C)C)C(C)CC)cc1. The lowest BCUT2D eigenvalue weighted by Gasteiger charge is -2.35. The summed E-state index contributed by atoms with van der Waals surface area (Å²) in [5.41, 5.74) is 0.0115. The number of terminal acetylenes is 1. The number of amides is 3. The molecular weight excluding hydrogens is 584 g/mol. The molecule has 10 nitrogen and oxygen atoms in total. The summed E-state index contributed by atoms with van der Waals surface area (Å²) >= 11 is 0. The van der Waals surface area contributed by atoms with Crippen LogP contribution in [0.2, 0.25) is 0 Å². The highest BCUT2D eigenvalue weighted by Crippen LogP contribution is 2.26. The number of carbonyl (C=O) groups is 4. The number of hydrogen-bond donors (Lipinski definition) is 2. The Morgan fingerprint density at radius 3 is 2.00 bits per heavy atom. The van der Waals surface area contributed by atoms with Crippen molar-refractivity contribution in [1.29, 1.82) is 5.26 Å². The molecule has 0 heterocycles. The average Bonchev–Trinajstić information content (AvgIpc) is 2.97. The van der Waals surface area contributed by atoms with E-state index in [0.29, 0.717) is 17.5 Å². The molecule has 0 saturated heterocycles. The highest BCUT2D eigenvalue weighted by atomic mass is 16.6. The first kappa shape index (κ1) is 37.4. The highest BCUT2D eigenvalue weighted by molar-refractivity contribution is 5.94. The molecule has 0 aliphatic carbocycles. The van der Waals surface area contributed by atoms with E-state index in [1.807, 2.05) is 43.3 Å². The van der Waals surface area contributed by atoms with Crippen molar-refractivity contribution in [1.82, 2.24) is 15.5 Å². The minimum Gasteiger partial charge on any atom is -0.458 e. The molecule has 0 saturated carbocycles. The molecule has 0 aromatic heterocycles. The van der Waals surface area contributed by atoms with Crippen molar-refractivity contribution < 1.29 is 28.7 Å². The standard InChI is InChI=1S/C36H46N4O6/c1-10-24(3)29(39-34(44)46-36(7,8)9)32(42)40(22-21-37)30(27-19-17-25(11-2)18-20-27)31(41)38-28(33(43)45-35(4,5)6)23-26-15-13-12-14-16-26/h2,12-20,24,28-30H,10,22-23H2,1,3-9H3,(H,38,41)(H,39,44). The molecule has 10 heteroatoms. The molecule has 2 N–H and O–H groups in total. The number of esters is 1. The van der Waals surface area contributed by atoms with Gasteiger partial charge >= 0.3 is 12.1 Å². The zero-order valence-electron chi connectivity index (χ0n) is 28.0. The third kappa shape index (κ3) is 11.6. The minimum absolute atomic E-state index is 0.117. The van der Waals surface area contributed by atoms with Gasteiger partial charge in [-0.15, -0.1) is 6.42 Å². The van der Waals surface area contributed by atoms with E-state index in [1.54, 1.807) is 72.7 Å². The van der Waals surface area contributed by atoms with Gasteiger partial charge in [0.15, 0.2) is 0 Å². The summed E-state index contributed by atoms with van der Waals surface area (Å²) in [5.74, 6) is 0.0886. The predicted molar refractivity (Wildman–Crippen MR) is 175 cm³/mol. The molecule has 0 bridgehead atoms. The smallest absolute Gasteiger partial charge is 0.408 e. The fraction of sp³-hybridized carbons (Fsp3) is 0.472. The van der Waals surface area contributed by atoms with Crippen molar-refractivity contribution in [3.63, 3.8) is 0 Å². The van der Waals surface area contributed by atoms with E-state index in [1.165, 1.54) is 0 Å². The normalized spacial score (nSPS) is 13.9. The van der Waals surface area contributed by atoms with Crippen molar-refractivity contribution in [2.75, 3.05) is 6.54 Å². The number of rotatable bonds is 12. The van der Waals surface area contributed by atoms with Crippen LogP contribution >= 0.6 is 0 Å². The van der Waals surface area contributed by atoms with Gasteiger partial charge in [0.05, 0.1) is 6.07 Å². The van der Waals surface area contributed by atoms with Gasteiger partial charge in [-0.1, -0.05) is 68.7 Å². The quantitative estimate of drug-likeness (QED) is 0.190. The number of alkyl carbamates (subject to hydrolysis) is 1. The van der Waals surface area contributed by atoms with Gasteiger partial charge in [0.25, 0.3) is 0 Å². The van der Waals surface area contributed by atoms with Crippen molar-refractivity contribution in [2.24, 2.45) is 5.92 Å². The third-order valence-electron chi connectivity index (χ3n) is 6.92. The Morgan fingerprint density at radius 2 is 1.50 bits per heavy atom. The van der Waals surface area contributed by atoms with Crippen LogP contribution in [0.1, 0.15) is 84.5 Å². The Hall–Kier alpha value is -4.83. The molecule has 0 aliphatic heterocycles. The first-order valence-electron chi connectivity index (χ1n) is 15.3. The van der Waals surface area contributed by atoms with Crippen LogP contribution in [-0.2, 0) is 30.3 Å². The first-order chi connectivity index (χ1) is 21.5. The second-order valence-corrected chi connectivity index (χ2v) is 13.1. The van der Waals surface area contributed by atoms with E-state index >= 15 is 0 Å². The maximum absolute atomic E-state index is 14.3. The number of nitriles is 1. The molecule has 3 amide bonds. The van der Waals surface area contributed by atoms with Gasteiger partial charge < -0.3 is 25.0 Å². The molecule has 2 rings (SSSR count). The van der Waals surface area contributed by atoms with E-state index in [-0.39, 0.29) is 12.3 Å². The van der Waals surface area contributed by atoms with Crippen LogP contribution in [0, 0.1) is 29.6 Å². The number of hydrogen-bond acceptors (Lipinski definition) is 7. The van der Waals surface area contributed by atoms with Crippen LogP contribution in [-0.4, -0.2) is 58.6 Å². The molecule has 4 unspecified atom stereocenters. The number of benzene rings is 2. The maximum Gasteiger partial charge on any atom is 0.408 e. The van der Waals surface area contributed by atoms with Crippen molar-refractivity contribution in [3.05, 3.63) is 71.3 Å². The van der Waals surface area contributed by atoms with Gasteiger partial charge in [-0.3, -0.25) is 9.59 Å². The van der Waals surface area contributed by atoms with Gasteiger partial charge in [0, 0.05) is 12.0 Å². The van der Waals surface area contributed by atoms with Gasteiger partial charge in [-0.2, -0.15) is 5.26 Å². The highest BCUT2D eigenvalue weighted by Gasteiger charge is 2.39. The third-order valence-corrected chi connectivity index (χ3v) is 6.92. The fourth-order valence-corrected chi connectivity index (χ4v) is 4.57. The van der Waals surface area contributed by atoms with Crippen LogP contribution < -0.4 is 10.6 Å². The second-order valence-electron chi connectivity index (χ2n) is 13.1. The fourth-order valence-electron chi connectivity index (χ4n) is 4.57. The van der Waals surface area contributed by atoms with Crippen molar-refractivity contribution in [2.45, 2.75) is 97.6 Å². The van der Waals surface area contributed by atoms with E-state index in [2.05, 4.69) is 16.6 Å². The summed E-state index contributed by atoms with van der Waals surface area (Å²) in [6, 6.07) is 13.9. The Labute approximate surface area is 272 Å². The zero-order valence-corrected chi connectivity index (χ0v) is 28.0. The van der Waals surface area contributed by atoms with Gasteiger partial charge in [-0.05, 0) is 70.7 Å². The Bertz CT molecular complexity index is 1430. The van der Waals surface area contributed by atoms with Crippen LogP contribution in [0.4, 0.5) is 4.79 Å². The number of nitrogens with zero attached hydrogens (tertiary/aromatic N) is 2. The lowest BCUT2D eigenvalue weighted by molar-refractivity contribution is -0.159. The molecule has 0 aliphatic rings. The van der Waals surface area contributed by atoms with E-state index in [4.69, 9.17) is 15.9 Å². The molecule has 0 radical (unpaired) electrons. The summed E-state index contributed by atoms with van der Waals surface area (Å²) in [6.45, 7) is 13.4.